The van der Waals surface area contributed by atoms with Gasteiger partial charge in [0.15, 0.2) is 10.7 Å². The molecule has 27 heavy (non-hydrogen) atoms. The van der Waals surface area contributed by atoms with E-state index < -0.39 is 0 Å². The number of ketones is 1. The number of thiazole rings is 1. The van der Waals surface area contributed by atoms with E-state index in [1.807, 2.05) is 28.8 Å². The first-order valence-electron chi connectivity index (χ1n) is 8.23. The lowest BCUT2D eigenvalue weighted by atomic mass is 10.1. The molecular weight excluding hydrogens is 427 g/mol. The molecule has 2 heterocycles. The molecule has 0 amide bonds. The third-order valence-electron chi connectivity index (χ3n) is 4.21. The average molecular weight is 441 g/mol. The maximum absolute atomic E-state index is 13.3. The van der Waals surface area contributed by atoms with Crippen molar-refractivity contribution in [2.75, 3.05) is 0 Å². The molecule has 0 saturated carbocycles. The van der Waals surface area contributed by atoms with Gasteiger partial charge in [0.2, 0.25) is 0 Å². The molecule has 2 aromatic carbocycles. The van der Waals surface area contributed by atoms with Crippen molar-refractivity contribution in [1.29, 1.82) is 0 Å². The summed E-state index contributed by atoms with van der Waals surface area (Å²) in [7, 11) is 0. The van der Waals surface area contributed by atoms with Gasteiger partial charge in [0.25, 0.3) is 0 Å². The lowest BCUT2D eigenvalue weighted by Gasteiger charge is -2.02. The van der Waals surface area contributed by atoms with Gasteiger partial charge in [-0.1, -0.05) is 15.9 Å². The molecule has 0 spiro atoms. The van der Waals surface area contributed by atoms with Gasteiger partial charge in [0.05, 0.1) is 11.4 Å². The zero-order chi connectivity index (χ0) is 19.0. The van der Waals surface area contributed by atoms with Crippen molar-refractivity contribution in [2.24, 2.45) is 0 Å². The van der Waals surface area contributed by atoms with Crippen LogP contribution in [0.3, 0.4) is 0 Å². The smallest absolute Gasteiger partial charge is 0.194 e. The van der Waals surface area contributed by atoms with Gasteiger partial charge in [-0.15, -0.1) is 11.3 Å². The summed E-state index contributed by atoms with van der Waals surface area (Å²) in [5, 5.41) is 2.02. The van der Waals surface area contributed by atoms with Crippen molar-refractivity contribution >= 4 is 44.1 Å². The second kappa shape index (κ2) is 7.21. The summed E-state index contributed by atoms with van der Waals surface area (Å²) in [4.78, 5) is 18.0. The van der Waals surface area contributed by atoms with Crippen LogP contribution in [0.25, 0.3) is 22.3 Å². The fraction of sp³-hybridized carbons (Fsp3) is 0.0476. The number of nitrogens with zero attached hydrogens (tertiary/aromatic N) is 2. The van der Waals surface area contributed by atoms with E-state index in [0.29, 0.717) is 5.56 Å². The summed E-state index contributed by atoms with van der Waals surface area (Å²) in [5.41, 5.74) is 3.99. The van der Waals surface area contributed by atoms with Crippen LogP contribution in [0.5, 0.6) is 0 Å². The number of imidazole rings is 1. The highest BCUT2D eigenvalue weighted by Crippen LogP contribution is 2.29. The molecule has 3 nitrogen and oxygen atoms in total. The lowest BCUT2D eigenvalue weighted by molar-refractivity contribution is 0.104. The van der Waals surface area contributed by atoms with E-state index in [9.17, 15) is 9.18 Å². The zero-order valence-electron chi connectivity index (χ0n) is 14.3. The third-order valence-corrected chi connectivity index (χ3v) is 5.68. The van der Waals surface area contributed by atoms with Gasteiger partial charge in [0.1, 0.15) is 5.82 Å². The number of carbonyl (C=O) groups is 1. The fourth-order valence-electron chi connectivity index (χ4n) is 2.86. The van der Waals surface area contributed by atoms with E-state index in [4.69, 9.17) is 0 Å². The van der Waals surface area contributed by atoms with E-state index in [-0.39, 0.29) is 11.6 Å². The van der Waals surface area contributed by atoms with Crippen LogP contribution >= 0.6 is 27.3 Å². The number of hydrogen-bond donors (Lipinski definition) is 0. The molecule has 134 valence electrons. The third kappa shape index (κ3) is 3.50. The van der Waals surface area contributed by atoms with Gasteiger partial charge in [-0.2, -0.15) is 0 Å². The molecule has 0 saturated heterocycles. The van der Waals surface area contributed by atoms with E-state index in [2.05, 4.69) is 20.9 Å². The molecule has 4 aromatic rings. The normalized spacial score (nSPS) is 11.5. The molecular formula is C21H14BrFN2OS. The van der Waals surface area contributed by atoms with Crippen LogP contribution < -0.4 is 0 Å². The van der Waals surface area contributed by atoms with Crippen LogP contribution in [0.2, 0.25) is 0 Å². The van der Waals surface area contributed by atoms with Crippen molar-refractivity contribution in [3.05, 3.63) is 87.2 Å². The van der Waals surface area contributed by atoms with E-state index in [1.54, 1.807) is 36.4 Å². The van der Waals surface area contributed by atoms with Crippen molar-refractivity contribution in [3.8, 4) is 11.3 Å². The van der Waals surface area contributed by atoms with Crippen molar-refractivity contribution in [1.82, 2.24) is 9.38 Å². The van der Waals surface area contributed by atoms with Crippen molar-refractivity contribution < 1.29 is 9.18 Å². The predicted molar refractivity (Wildman–Crippen MR) is 111 cm³/mol. The second-order valence-corrected chi connectivity index (χ2v) is 7.80. The summed E-state index contributed by atoms with van der Waals surface area (Å²) in [6.07, 6.45) is 3.33. The van der Waals surface area contributed by atoms with Crippen LogP contribution in [0.4, 0.5) is 4.39 Å². The molecule has 0 unspecified atom stereocenters. The molecule has 0 aliphatic heterocycles. The minimum absolute atomic E-state index is 0.0876. The van der Waals surface area contributed by atoms with Gasteiger partial charge in [-0.05, 0) is 67.6 Å². The summed E-state index contributed by atoms with van der Waals surface area (Å²) in [5.74, 6) is -0.381. The minimum atomic E-state index is -0.293. The Hall–Kier alpha value is -2.57. The Morgan fingerprint density at radius 2 is 1.85 bits per heavy atom. The summed E-state index contributed by atoms with van der Waals surface area (Å²) in [6, 6.07) is 13.5. The molecule has 0 N–H and O–H groups in total. The predicted octanol–water partition coefficient (Wildman–Crippen LogP) is 6.17. The van der Waals surface area contributed by atoms with E-state index >= 15 is 0 Å². The first-order valence-corrected chi connectivity index (χ1v) is 9.90. The number of halogens is 2. The quantitative estimate of drug-likeness (QED) is 0.281. The number of aromatic nitrogens is 2. The fourth-order valence-corrected chi connectivity index (χ4v) is 4.00. The number of fused-ring (bicyclic) bond motifs is 1. The van der Waals surface area contributed by atoms with Crippen LogP contribution in [0.1, 0.15) is 21.7 Å². The van der Waals surface area contributed by atoms with Crippen LogP contribution in [-0.4, -0.2) is 15.2 Å². The Morgan fingerprint density at radius 3 is 2.56 bits per heavy atom. The number of hydrogen-bond acceptors (Lipinski definition) is 3. The van der Waals surface area contributed by atoms with Gasteiger partial charge < -0.3 is 0 Å². The molecule has 0 fully saturated rings. The lowest BCUT2D eigenvalue weighted by Crippen LogP contribution is -1.95. The molecule has 0 bridgehead atoms. The van der Waals surface area contributed by atoms with Crippen LogP contribution in [-0.2, 0) is 0 Å². The SMILES string of the molecule is Cc1csc2nc(-c3ccc(F)cc3)c(/C=C/C(=O)c3ccc(Br)cc3)n12. The first kappa shape index (κ1) is 17.8. The Bertz CT molecular complexity index is 1160. The Morgan fingerprint density at radius 1 is 1.15 bits per heavy atom. The van der Waals surface area contributed by atoms with Gasteiger partial charge >= 0.3 is 0 Å². The summed E-state index contributed by atoms with van der Waals surface area (Å²) >= 11 is 4.90. The highest BCUT2D eigenvalue weighted by Gasteiger charge is 2.15. The van der Waals surface area contributed by atoms with Crippen molar-refractivity contribution in [2.45, 2.75) is 6.92 Å². The zero-order valence-corrected chi connectivity index (χ0v) is 16.7. The van der Waals surface area contributed by atoms with Crippen LogP contribution in [0.15, 0.2) is 64.5 Å². The number of carbonyl (C=O) groups excluding carboxylic acids is 1. The molecule has 2 aromatic heterocycles. The molecule has 0 radical (unpaired) electrons. The number of rotatable bonds is 4. The molecule has 0 atom stereocenters. The number of aryl methyl sites for hydroxylation is 1. The molecule has 6 heteroatoms. The topological polar surface area (TPSA) is 34.4 Å². The molecule has 0 aliphatic carbocycles. The average Bonchev–Trinajstić information content (AvgIpc) is 3.21. The highest BCUT2D eigenvalue weighted by molar-refractivity contribution is 9.10. The maximum atomic E-state index is 13.3. The second-order valence-electron chi connectivity index (χ2n) is 6.05. The number of allylic oxidation sites excluding steroid dienone is 1. The largest absolute Gasteiger partial charge is 0.289 e. The maximum Gasteiger partial charge on any atom is 0.194 e. The Kier molecular flexibility index (Phi) is 4.76. The minimum Gasteiger partial charge on any atom is -0.289 e. The number of benzene rings is 2. The molecule has 4 rings (SSSR count). The monoisotopic (exact) mass is 440 g/mol. The van der Waals surface area contributed by atoms with Crippen molar-refractivity contribution in [3.63, 3.8) is 0 Å². The standard InChI is InChI=1S/C21H14BrFN2OS/c1-13-12-27-21-24-20(15-4-8-17(23)9-5-15)18(25(13)21)10-11-19(26)14-2-6-16(22)7-3-14/h2-12H,1H3/b11-10+. The van der Waals surface area contributed by atoms with Gasteiger partial charge in [-0.25, -0.2) is 9.37 Å². The Labute approximate surface area is 167 Å². The summed E-state index contributed by atoms with van der Waals surface area (Å²) < 4.78 is 16.2. The van der Waals surface area contributed by atoms with Gasteiger partial charge in [-0.3, -0.25) is 9.20 Å². The molecule has 0 aliphatic rings. The Balaban J connectivity index is 1.78. The van der Waals surface area contributed by atoms with E-state index in [0.717, 1.165) is 32.1 Å². The highest BCUT2D eigenvalue weighted by atomic mass is 79.9. The van der Waals surface area contributed by atoms with E-state index in [1.165, 1.54) is 23.5 Å². The van der Waals surface area contributed by atoms with Crippen LogP contribution in [0, 0.1) is 12.7 Å². The summed E-state index contributed by atoms with van der Waals surface area (Å²) in [6.45, 7) is 1.99. The van der Waals surface area contributed by atoms with Gasteiger partial charge in [0, 0.05) is 26.7 Å². The first-order chi connectivity index (χ1) is 13.0.